The second-order valence-electron chi connectivity index (χ2n) is 10.0. The van der Waals surface area contributed by atoms with Gasteiger partial charge in [0.15, 0.2) is 5.75 Å². The van der Waals surface area contributed by atoms with E-state index in [2.05, 4.69) is 32.0 Å². The van der Waals surface area contributed by atoms with E-state index in [1.54, 1.807) is 7.05 Å². The predicted octanol–water partition coefficient (Wildman–Crippen LogP) is 2.55. The second kappa shape index (κ2) is 12.5. The van der Waals surface area contributed by atoms with Gasteiger partial charge in [0.1, 0.15) is 6.04 Å². The highest BCUT2D eigenvalue weighted by Crippen LogP contribution is 2.28. The summed E-state index contributed by atoms with van der Waals surface area (Å²) in [7, 11) is 1.72. The fourth-order valence-corrected chi connectivity index (χ4v) is 5.49. The molecule has 8 nitrogen and oxygen atoms in total. The number of rotatable bonds is 10. The lowest BCUT2D eigenvalue weighted by Gasteiger charge is -2.37. The van der Waals surface area contributed by atoms with Crippen LogP contribution in [0.1, 0.15) is 56.9 Å². The molecule has 2 heterocycles. The fraction of sp³-hybridized carbons (Fsp3) is 0.692. The number of carbonyl (C=O) groups is 2. The van der Waals surface area contributed by atoms with Crippen molar-refractivity contribution in [2.45, 2.75) is 63.8 Å². The number of benzene rings is 1. The Labute approximate surface area is 203 Å². The molecule has 0 bridgehead atoms. The molecule has 3 fully saturated rings. The van der Waals surface area contributed by atoms with Crippen molar-refractivity contribution in [1.82, 2.24) is 20.6 Å². The molecule has 1 saturated carbocycles. The second-order valence-corrected chi connectivity index (χ2v) is 10.0. The van der Waals surface area contributed by atoms with Crippen LogP contribution in [0.5, 0.6) is 5.75 Å². The third kappa shape index (κ3) is 7.17. The van der Waals surface area contributed by atoms with Gasteiger partial charge in [0.05, 0.1) is 5.69 Å². The van der Waals surface area contributed by atoms with Gasteiger partial charge in [0, 0.05) is 46.2 Å². The van der Waals surface area contributed by atoms with Crippen LogP contribution in [0.4, 0.5) is 5.69 Å². The van der Waals surface area contributed by atoms with Crippen LogP contribution in [0, 0.1) is 5.92 Å². The summed E-state index contributed by atoms with van der Waals surface area (Å²) >= 11 is 0. The highest BCUT2D eigenvalue weighted by molar-refractivity contribution is 6.01. The number of carbonyl (C=O) groups excluding carboxylic acids is 2. The number of aryl methyl sites for hydroxylation is 1. The summed E-state index contributed by atoms with van der Waals surface area (Å²) in [6, 6.07) is 5.67. The van der Waals surface area contributed by atoms with Gasteiger partial charge in [-0.05, 0) is 62.3 Å². The number of hydroxylamine groups is 1. The van der Waals surface area contributed by atoms with Gasteiger partial charge in [-0.1, -0.05) is 25.3 Å². The van der Waals surface area contributed by atoms with E-state index in [9.17, 15) is 9.59 Å². The first-order valence-electron chi connectivity index (χ1n) is 13.1. The molecular formula is C26H41N5O3. The topological polar surface area (TPSA) is 85.9 Å². The van der Waals surface area contributed by atoms with Gasteiger partial charge in [-0.15, -0.1) is 0 Å². The minimum absolute atomic E-state index is 0.212. The number of hydrogen-bond donors (Lipinski definition) is 3. The summed E-state index contributed by atoms with van der Waals surface area (Å²) in [6.45, 7) is 7.19. The third-order valence-corrected chi connectivity index (χ3v) is 7.47. The van der Waals surface area contributed by atoms with Crippen molar-refractivity contribution in [3.63, 3.8) is 0 Å². The van der Waals surface area contributed by atoms with Crippen LogP contribution in [0.2, 0.25) is 0 Å². The number of piperidine rings is 1. The Bertz CT molecular complexity index is 819. The first-order chi connectivity index (χ1) is 16.6. The monoisotopic (exact) mass is 471 g/mol. The third-order valence-electron chi connectivity index (χ3n) is 7.47. The number of anilines is 1. The molecule has 2 saturated heterocycles. The number of nitrogens with zero attached hydrogens (tertiary/aromatic N) is 2. The normalized spacial score (nSPS) is 23.0. The Balaban J connectivity index is 1.21. The largest absolute Gasteiger partial charge is 0.407 e. The number of nitrogens with one attached hydrogen (secondary N) is 3. The molecule has 1 aliphatic carbocycles. The van der Waals surface area contributed by atoms with E-state index < -0.39 is 6.04 Å². The van der Waals surface area contributed by atoms with Crippen molar-refractivity contribution in [2.24, 2.45) is 5.92 Å². The van der Waals surface area contributed by atoms with E-state index in [1.165, 1.54) is 70.4 Å². The van der Waals surface area contributed by atoms with Crippen LogP contribution < -0.4 is 21.0 Å². The Hall–Kier alpha value is -2.16. The quantitative estimate of drug-likeness (QED) is 0.357. The van der Waals surface area contributed by atoms with Crippen molar-refractivity contribution in [2.75, 3.05) is 51.6 Å². The first-order valence-corrected chi connectivity index (χ1v) is 13.1. The number of piperazine rings is 1. The molecule has 1 aromatic rings. The molecule has 1 aromatic carbocycles. The molecule has 2 aliphatic heterocycles. The highest BCUT2D eigenvalue weighted by atomic mass is 16.6. The lowest BCUT2D eigenvalue weighted by Crippen LogP contribution is -2.48. The van der Waals surface area contributed by atoms with Crippen molar-refractivity contribution in [1.29, 1.82) is 0 Å². The minimum atomic E-state index is -0.431. The van der Waals surface area contributed by atoms with Crippen molar-refractivity contribution < 1.29 is 14.4 Å². The van der Waals surface area contributed by atoms with Crippen molar-refractivity contribution in [3.05, 3.63) is 23.8 Å². The highest BCUT2D eigenvalue weighted by Gasteiger charge is 2.27. The molecule has 3 aliphatic rings. The molecule has 3 N–H and O–H groups in total. The van der Waals surface area contributed by atoms with E-state index in [4.69, 9.17) is 4.84 Å². The van der Waals surface area contributed by atoms with E-state index in [-0.39, 0.29) is 11.8 Å². The lowest BCUT2D eigenvalue weighted by molar-refractivity contribution is -0.133. The Kier molecular flexibility index (Phi) is 9.18. The zero-order chi connectivity index (χ0) is 23.8. The van der Waals surface area contributed by atoms with Crippen LogP contribution in [0.3, 0.4) is 0 Å². The summed E-state index contributed by atoms with van der Waals surface area (Å²) in [6.07, 6.45) is 10.1. The van der Waals surface area contributed by atoms with Gasteiger partial charge in [-0.3, -0.25) is 14.9 Å². The number of imide groups is 1. The Morgan fingerprint density at radius 1 is 1.03 bits per heavy atom. The summed E-state index contributed by atoms with van der Waals surface area (Å²) in [5.74, 6) is 1.10. The van der Waals surface area contributed by atoms with Gasteiger partial charge in [0.25, 0.3) is 0 Å². The lowest BCUT2D eigenvalue weighted by atomic mass is 9.89. The average molecular weight is 472 g/mol. The maximum Gasteiger partial charge on any atom is 0.249 e. The van der Waals surface area contributed by atoms with Crippen molar-refractivity contribution in [3.8, 4) is 5.75 Å². The molecule has 34 heavy (non-hydrogen) atoms. The standard InChI is InChI=1S/C26H41N5O3/c1-27-34-24-18-20(9-10-22(24)28-23-11-12-25(32)29-26(23)33)8-5-13-30-14-16-31(17-15-30)19-21-6-3-2-4-7-21/h9-10,18,21,23,27-28H,2-8,11-17,19H2,1H3,(H,29,32,33). The number of hydrogen-bond acceptors (Lipinski definition) is 7. The van der Waals surface area contributed by atoms with Gasteiger partial charge >= 0.3 is 0 Å². The predicted molar refractivity (Wildman–Crippen MR) is 134 cm³/mol. The van der Waals surface area contributed by atoms with E-state index >= 15 is 0 Å². The molecule has 2 amide bonds. The van der Waals surface area contributed by atoms with E-state index in [0.717, 1.165) is 31.0 Å². The molecule has 4 rings (SSSR count). The molecule has 8 heteroatoms. The van der Waals surface area contributed by atoms with Crippen molar-refractivity contribution >= 4 is 17.5 Å². The maximum absolute atomic E-state index is 12.1. The van der Waals surface area contributed by atoms with Crippen LogP contribution in [0.15, 0.2) is 18.2 Å². The first kappa shape index (κ1) is 24.9. The zero-order valence-corrected chi connectivity index (χ0v) is 20.6. The summed E-state index contributed by atoms with van der Waals surface area (Å²) < 4.78 is 0. The van der Waals surface area contributed by atoms with Crippen LogP contribution in [-0.4, -0.2) is 74.0 Å². The molecule has 0 aromatic heterocycles. The molecular weight excluding hydrogens is 430 g/mol. The molecule has 1 unspecified atom stereocenters. The van der Waals surface area contributed by atoms with Gasteiger partial charge in [0.2, 0.25) is 11.8 Å². The van der Waals surface area contributed by atoms with Gasteiger partial charge in [-0.2, -0.15) is 5.48 Å². The Morgan fingerprint density at radius 2 is 1.79 bits per heavy atom. The molecule has 188 valence electrons. The Morgan fingerprint density at radius 3 is 2.53 bits per heavy atom. The minimum Gasteiger partial charge on any atom is -0.407 e. The number of amides is 2. The van der Waals surface area contributed by atoms with Gasteiger partial charge < -0.3 is 20.0 Å². The molecule has 1 atom stereocenters. The average Bonchev–Trinajstić information content (AvgIpc) is 2.84. The summed E-state index contributed by atoms with van der Waals surface area (Å²) in [4.78, 5) is 34.4. The smallest absolute Gasteiger partial charge is 0.249 e. The van der Waals surface area contributed by atoms with Crippen LogP contribution in [-0.2, 0) is 16.0 Å². The maximum atomic E-state index is 12.1. The van der Waals surface area contributed by atoms with E-state index in [0.29, 0.717) is 18.6 Å². The van der Waals surface area contributed by atoms with Gasteiger partial charge in [-0.25, -0.2) is 0 Å². The fourth-order valence-electron chi connectivity index (χ4n) is 5.49. The zero-order valence-electron chi connectivity index (χ0n) is 20.6. The summed E-state index contributed by atoms with van der Waals surface area (Å²) in [5.41, 5.74) is 4.71. The van der Waals surface area contributed by atoms with Crippen LogP contribution >= 0.6 is 0 Å². The summed E-state index contributed by atoms with van der Waals surface area (Å²) in [5, 5.41) is 5.62. The SMILES string of the molecule is CNOc1cc(CCCN2CCN(CC3CCCCC3)CC2)ccc1NC1CCC(=O)NC1=O. The van der Waals surface area contributed by atoms with E-state index in [1.807, 2.05) is 12.1 Å². The van der Waals surface area contributed by atoms with Crippen LogP contribution in [0.25, 0.3) is 0 Å². The molecule has 0 spiro atoms. The molecule has 0 radical (unpaired) electrons.